The number of rotatable bonds is 1. The summed E-state index contributed by atoms with van der Waals surface area (Å²) in [6, 6.07) is 4.69. The van der Waals surface area contributed by atoms with Gasteiger partial charge < -0.3 is 9.52 Å². The van der Waals surface area contributed by atoms with Crippen LogP contribution in [0, 0.1) is 0 Å². The second-order valence-corrected chi connectivity index (χ2v) is 4.76. The summed E-state index contributed by atoms with van der Waals surface area (Å²) in [4.78, 5) is 15.1. The number of nitrogens with zero attached hydrogens (tertiary/aromatic N) is 1. The van der Waals surface area contributed by atoms with Gasteiger partial charge in [-0.15, -0.1) is 0 Å². The zero-order valence-electron chi connectivity index (χ0n) is 9.44. The first-order valence-electron chi connectivity index (χ1n) is 5.02. The number of aromatic nitrogens is 1. The first-order valence-corrected chi connectivity index (χ1v) is 5.02. The molecule has 4 nitrogen and oxygen atoms in total. The van der Waals surface area contributed by atoms with Crippen molar-refractivity contribution >= 4 is 17.1 Å². The molecule has 0 amide bonds. The Morgan fingerprint density at radius 1 is 1.38 bits per heavy atom. The molecule has 16 heavy (non-hydrogen) atoms. The number of hydrogen-bond donors (Lipinski definition) is 1. The number of aromatic carboxylic acids is 1. The van der Waals surface area contributed by atoms with Gasteiger partial charge in [0, 0.05) is 5.41 Å². The summed E-state index contributed by atoms with van der Waals surface area (Å²) >= 11 is 0. The van der Waals surface area contributed by atoms with E-state index in [-0.39, 0.29) is 11.0 Å². The van der Waals surface area contributed by atoms with E-state index in [0.717, 1.165) is 0 Å². The minimum Gasteiger partial charge on any atom is -0.478 e. The summed E-state index contributed by atoms with van der Waals surface area (Å²) < 4.78 is 5.55. The molecular weight excluding hydrogens is 206 g/mol. The average molecular weight is 219 g/mol. The van der Waals surface area contributed by atoms with Crippen LogP contribution in [-0.2, 0) is 5.41 Å². The first-order chi connectivity index (χ1) is 7.38. The molecule has 2 aromatic rings. The largest absolute Gasteiger partial charge is 0.478 e. The topological polar surface area (TPSA) is 63.3 Å². The highest BCUT2D eigenvalue weighted by molar-refractivity contribution is 5.91. The zero-order chi connectivity index (χ0) is 11.9. The van der Waals surface area contributed by atoms with Crippen LogP contribution in [0.15, 0.2) is 22.6 Å². The number of benzene rings is 1. The minimum absolute atomic E-state index is 0.178. The molecule has 0 saturated heterocycles. The molecule has 0 aliphatic carbocycles. The fourth-order valence-electron chi connectivity index (χ4n) is 1.38. The molecule has 0 fully saturated rings. The van der Waals surface area contributed by atoms with E-state index in [2.05, 4.69) is 4.98 Å². The van der Waals surface area contributed by atoms with E-state index in [1.165, 1.54) is 12.1 Å². The lowest BCUT2D eigenvalue weighted by Gasteiger charge is -2.11. The molecule has 0 aliphatic rings. The van der Waals surface area contributed by atoms with E-state index in [1.807, 2.05) is 20.8 Å². The van der Waals surface area contributed by atoms with Crippen LogP contribution in [0.1, 0.15) is 37.0 Å². The third kappa shape index (κ3) is 1.78. The maximum absolute atomic E-state index is 10.8. The molecule has 0 atom stereocenters. The molecule has 0 unspecified atom stereocenters. The molecule has 4 heteroatoms. The number of fused-ring (bicyclic) bond motifs is 1. The monoisotopic (exact) mass is 219 g/mol. The quantitative estimate of drug-likeness (QED) is 0.801. The van der Waals surface area contributed by atoms with Crippen molar-refractivity contribution in [3.05, 3.63) is 29.7 Å². The van der Waals surface area contributed by atoms with Gasteiger partial charge in [0.15, 0.2) is 5.58 Å². The summed E-state index contributed by atoms with van der Waals surface area (Å²) in [6.45, 7) is 5.99. The highest BCUT2D eigenvalue weighted by Crippen LogP contribution is 2.26. The number of oxazole rings is 1. The van der Waals surface area contributed by atoms with E-state index in [1.54, 1.807) is 6.07 Å². The highest BCUT2D eigenvalue weighted by atomic mass is 16.4. The fourth-order valence-corrected chi connectivity index (χ4v) is 1.38. The molecule has 0 saturated carbocycles. The standard InChI is InChI=1S/C12H13NO3/c1-12(2,3)11-13-8-5-4-7(10(14)15)6-9(8)16-11/h4-6H,1-3H3,(H,14,15). The predicted molar refractivity (Wildman–Crippen MR) is 59.7 cm³/mol. The van der Waals surface area contributed by atoms with E-state index in [4.69, 9.17) is 9.52 Å². The van der Waals surface area contributed by atoms with Gasteiger partial charge in [-0.1, -0.05) is 20.8 Å². The van der Waals surface area contributed by atoms with Crippen LogP contribution in [0.4, 0.5) is 0 Å². The molecule has 1 aromatic carbocycles. The normalized spacial score (nSPS) is 11.9. The molecule has 84 valence electrons. The zero-order valence-corrected chi connectivity index (χ0v) is 9.44. The molecule has 1 N–H and O–H groups in total. The molecular formula is C12H13NO3. The molecule has 1 heterocycles. The van der Waals surface area contributed by atoms with Crippen LogP contribution in [0.3, 0.4) is 0 Å². The smallest absolute Gasteiger partial charge is 0.335 e. The Morgan fingerprint density at radius 2 is 2.06 bits per heavy atom. The Labute approximate surface area is 92.9 Å². The van der Waals surface area contributed by atoms with Gasteiger partial charge in [0.05, 0.1) is 5.56 Å². The molecule has 0 radical (unpaired) electrons. The van der Waals surface area contributed by atoms with E-state index < -0.39 is 5.97 Å². The Morgan fingerprint density at radius 3 is 2.62 bits per heavy atom. The van der Waals surface area contributed by atoms with Gasteiger partial charge in [0.25, 0.3) is 0 Å². The predicted octanol–water partition coefficient (Wildman–Crippen LogP) is 2.82. The van der Waals surface area contributed by atoms with Crippen LogP contribution in [0.25, 0.3) is 11.1 Å². The Hall–Kier alpha value is -1.84. The third-order valence-electron chi connectivity index (χ3n) is 2.28. The van der Waals surface area contributed by atoms with Crippen LogP contribution in [0.5, 0.6) is 0 Å². The van der Waals surface area contributed by atoms with E-state index in [9.17, 15) is 4.79 Å². The van der Waals surface area contributed by atoms with E-state index >= 15 is 0 Å². The van der Waals surface area contributed by atoms with Gasteiger partial charge >= 0.3 is 5.97 Å². The van der Waals surface area contributed by atoms with Crippen molar-refractivity contribution in [2.75, 3.05) is 0 Å². The Bertz CT molecular complexity index is 549. The maximum atomic E-state index is 10.8. The van der Waals surface area contributed by atoms with Gasteiger partial charge in [-0.25, -0.2) is 9.78 Å². The maximum Gasteiger partial charge on any atom is 0.335 e. The second-order valence-electron chi connectivity index (χ2n) is 4.76. The summed E-state index contributed by atoms with van der Waals surface area (Å²) in [5.74, 6) is -0.347. The van der Waals surface area contributed by atoms with Crippen LogP contribution >= 0.6 is 0 Å². The SMILES string of the molecule is CC(C)(C)c1nc2ccc(C(=O)O)cc2o1. The lowest BCUT2D eigenvalue weighted by atomic mass is 9.97. The van der Waals surface area contributed by atoms with Gasteiger partial charge in [0.1, 0.15) is 5.52 Å². The molecule has 0 bridgehead atoms. The molecule has 2 rings (SSSR count). The van der Waals surface area contributed by atoms with Gasteiger partial charge in [-0.2, -0.15) is 0 Å². The van der Waals surface area contributed by atoms with Crippen molar-refractivity contribution in [1.29, 1.82) is 0 Å². The minimum atomic E-state index is -0.962. The number of carboxylic acid groups (broad SMARTS) is 1. The van der Waals surface area contributed by atoms with Crippen molar-refractivity contribution in [3.63, 3.8) is 0 Å². The fraction of sp³-hybridized carbons (Fsp3) is 0.333. The van der Waals surface area contributed by atoms with Crippen LogP contribution in [0.2, 0.25) is 0 Å². The summed E-state index contributed by atoms with van der Waals surface area (Å²) in [7, 11) is 0. The van der Waals surface area contributed by atoms with Crippen molar-refractivity contribution in [2.45, 2.75) is 26.2 Å². The third-order valence-corrected chi connectivity index (χ3v) is 2.28. The van der Waals surface area contributed by atoms with Gasteiger partial charge in [0.2, 0.25) is 5.89 Å². The lowest BCUT2D eigenvalue weighted by molar-refractivity contribution is 0.0697. The van der Waals surface area contributed by atoms with Crippen LogP contribution < -0.4 is 0 Å². The van der Waals surface area contributed by atoms with E-state index in [0.29, 0.717) is 17.0 Å². The summed E-state index contributed by atoms with van der Waals surface area (Å²) in [5.41, 5.74) is 1.24. The van der Waals surface area contributed by atoms with Crippen molar-refractivity contribution in [1.82, 2.24) is 4.98 Å². The Kier molecular flexibility index (Phi) is 2.22. The first kappa shape index (κ1) is 10.7. The highest BCUT2D eigenvalue weighted by Gasteiger charge is 2.21. The molecule has 1 aromatic heterocycles. The summed E-state index contributed by atoms with van der Waals surface area (Å²) in [5, 5.41) is 8.85. The number of hydrogen-bond acceptors (Lipinski definition) is 3. The van der Waals surface area contributed by atoms with Crippen molar-refractivity contribution in [3.8, 4) is 0 Å². The van der Waals surface area contributed by atoms with Gasteiger partial charge in [-0.3, -0.25) is 0 Å². The van der Waals surface area contributed by atoms with Crippen molar-refractivity contribution < 1.29 is 14.3 Å². The summed E-state index contributed by atoms with van der Waals surface area (Å²) in [6.07, 6.45) is 0. The number of carbonyl (C=O) groups is 1. The lowest BCUT2D eigenvalue weighted by Crippen LogP contribution is -2.10. The number of carboxylic acids is 1. The molecule has 0 spiro atoms. The molecule has 0 aliphatic heterocycles. The van der Waals surface area contributed by atoms with Crippen molar-refractivity contribution in [2.24, 2.45) is 0 Å². The second kappa shape index (κ2) is 3.33. The van der Waals surface area contributed by atoms with Crippen LogP contribution in [-0.4, -0.2) is 16.1 Å². The average Bonchev–Trinajstić information content (AvgIpc) is 2.58. The Balaban J connectivity index is 2.59. The van der Waals surface area contributed by atoms with Gasteiger partial charge in [-0.05, 0) is 18.2 Å².